The van der Waals surface area contributed by atoms with E-state index in [1.54, 1.807) is 6.20 Å². The molecule has 7 nitrogen and oxygen atoms in total. The van der Waals surface area contributed by atoms with Crippen molar-refractivity contribution >= 4 is 23.5 Å². The fourth-order valence-corrected chi connectivity index (χ4v) is 6.13. The molecule has 0 radical (unpaired) electrons. The highest BCUT2D eigenvalue weighted by atomic mass is 35.5. The van der Waals surface area contributed by atoms with Crippen LogP contribution in [0.15, 0.2) is 48.7 Å². The summed E-state index contributed by atoms with van der Waals surface area (Å²) < 4.78 is 10.9. The minimum absolute atomic E-state index is 0.170. The fraction of sp³-hybridized carbons (Fsp3) is 0.433. The molecule has 1 amide bonds. The molecule has 0 bridgehead atoms. The summed E-state index contributed by atoms with van der Waals surface area (Å²) in [5, 5.41) is 3.81. The van der Waals surface area contributed by atoms with Gasteiger partial charge in [-0.05, 0) is 67.0 Å². The van der Waals surface area contributed by atoms with Crippen LogP contribution in [0.5, 0.6) is 11.5 Å². The van der Waals surface area contributed by atoms with Crippen molar-refractivity contribution in [2.75, 3.05) is 24.8 Å². The second-order valence-electron chi connectivity index (χ2n) is 10.8. The van der Waals surface area contributed by atoms with E-state index in [9.17, 15) is 4.79 Å². The van der Waals surface area contributed by atoms with E-state index >= 15 is 0 Å². The number of nitrogens with one attached hydrogen (secondary N) is 1. The van der Waals surface area contributed by atoms with Gasteiger partial charge in [0, 0.05) is 36.3 Å². The quantitative estimate of drug-likeness (QED) is 0.427. The van der Waals surface area contributed by atoms with Crippen LogP contribution in [0.4, 0.5) is 5.95 Å². The average Bonchev–Trinajstić information content (AvgIpc) is 3.63. The first-order chi connectivity index (χ1) is 18.5. The number of benzene rings is 2. The third-order valence-electron chi connectivity index (χ3n) is 8.28. The van der Waals surface area contributed by atoms with Gasteiger partial charge in [0.1, 0.15) is 0 Å². The van der Waals surface area contributed by atoms with Gasteiger partial charge in [-0.25, -0.2) is 9.97 Å². The van der Waals surface area contributed by atoms with Gasteiger partial charge in [-0.2, -0.15) is 0 Å². The maximum absolute atomic E-state index is 13.7. The zero-order valence-corrected chi connectivity index (χ0v) is 22.5. The number of nitrogens with zero attached hydrogens (tertiary/aromatic N) is 3. The highest BCUT2D eigenvalue weighted by Gasteiger charge is 2.42. The number of hydrogen-bond acceptors (Lipinski definition) is 6. The summed E-state index contributed by atoms with van der Waals surface area (Å²) >= 11 is 6.25. The van der Waals surface area contributed by atoms with Crippen molar-refractivity contribution < 1.29 is 14.3 Å². The van der Waals surface area contributed by atoms with Gasteiger partial charge >= 0.3 is 0 Å². The molecule has 0 spiro atoms. The minimum atomic E-state index is -0.350. The van der Waals surface area contributed by atoms with Crippen LogP contribution < -0.4 is 19.7 Å². The Labute approximate surface area is 228 Å². The molecular weight excluding hydrogens is 500 g/mol. The van der Waals surface area contributed by atoms with Crippen LogP contribution in [0.1, 0.15) is 72.6 Å². The summed E-state index contributed by atoms with van der Waals surface area (Å²) in [6, 6.07) is 13.8. The van der Waals surface area contributed by atoms with Gasteiger partial charge in [-0.3, -0.25) is 4.79 Å². The smallest absolute Gasteiger partial charge is 0.255 e. The second-order valence-corrected chi connectivity index (χ2v) is 11.2. The Morgan fingerprint density at radius 2 is 1.82 bits per heavy atom. The predicted molar refractivity (Wildman–Crippen MR) is 147 cm³/mol. The topological polar surface area (TPSA) is 76.6 Å². The van der Waals surface area contributed by atoms with Crippen molar-refractivity contribution in [3.8, 4) is 11.5 Å². The molecule has 2 aliphatic heterocycles. The van der Waals surface area contributed by atoms with Gasteiger partial charge < -0.3 is 19.7 Å². The molecule has 6 rings (SSSR count). The number of aromatic nitrogens is 2. The first-order valence-electron chi connectivity index (χ1n) is 13.6. The zero-order chi connectivity index (χ0) is 26.1. The lowest BCUT2D eigenvalue weighted by Crippen LogP contribution is -2.37. The molecule has 38 heavy (non-hydrogen) atoms. The number of hydrogen-bond donors (Lipinski definition) is 1. The molecular formula is C30H33ClN4O3. The summed E-state index contributed by atoms with van der Waals surface area (Å²) in [7, 11) is 0. The number of piperidine rings is 1. The van der Waals surface area contributed by atoms with Crippen LogP contribution in [0, 0.1) is 5.92 Å². The third-order valence-corrected chi connectivity index (χ3v) is 8.54. The summed E-state index contributed by atoms with van der Waals surface area (Å²) in [5.41, 5.74) is 3.11. The van der Waals surface area contributed by atoms with E-state index in [0.29, 0.717) is 28.8 Å². The number of rotatable bonds is 6. The van der Waals surface area contributed by atoms with E-state index < -0.39 is 0 Å². The number of fused-ring (bicyclic) bond motifs is 1. The van der Waals surface area contributed by atoms with Gasteiger partial charge in [-0.15, -0.1) is 0 Å². The number of carbonyl (C=O) groups excluding carboxylic acids is 1. The molecule has 3 heterocycles. The second kappa shape index (κ2) is 10.4. The highest BCUT2D eigenvalue weighted by Crippen LogP contribution is 2.47. The van der Waals surface area contributed by atoms with E-state index in [1.807, 2.05) is 30.3 Å². The maximum Gasteiger partial charge on any atom is 0.255 e. The lowest BCUT2D eigenvalue weighted by Gasteiger charge is -2.34. The van der Waals surface area contributed by atoms with Gasteiger partial charge in [0.15, 0.2) is 11.5 Å². The molecule has 3 aromatic rings. The van der Waals surface area contributed by atoms with Crippen molar-refractivity contribution in [1.29, 1.82) is 0 Å². The fourth-order valence-electron chi connectivity index (χ4n) is 6.00. The molecule has 1 saturated carbocycles. The molecule has 0 unspecified atom stereocenters. The van der Waals surface area contributed by atoms with Gasteiger partial charge in [0.25, 0.3) is 5.91 Å². The average molecular weight is 533 g/mol. The van der Waals surface area contributed by atoms with Gasteiger partial charge in [-0.1, -0.05) is 49.6 Å². The predicted octanol–water partition coefficient (Wildman–Crippen LogP) is 5.89. The molecule has 8 heteroatoms. The van der Waals surface area contributed by atoms with Crippen LogP contribution in [0.2, 0.25) is 5.02 Å². The van der Waals surface area contributed by atoms with Crippen LogP contribution >= 0.6 is 11.6 Å². The minimum Gasteiger partial charge on any atom is -0.454 e. The van der Waals surface area contributed by atoms with Crippen molar-refractivity contribution in [3.63, 3.8) is 0 Å². The van der Waals surface area contributed by atoms with E-state index in [4.69, 9.17) is 31.0 Å². The lowest BCUT2D eigenvalue weighted by molar-refractivity contribution is 0.0947. The Kier molecular flexibility index (Phi) is 6.87. The Hall–Kier alpha value is -3.32. The van der Waals surface area contributed by atoms with Crippen LogP contribution in [-0.2, 0) is 12.0 Å². The number of carbonyl (C=O) groups is 1. The molecule has 0 atom stereocenters. The van der Waals surface area contributed by atoms with E-state index in [1.165, 1.54) is 0 Å². The molecule has 1 aromatic heterocycles. The van der Waals surface area contributed by atoms with Gasteiger partial charge in [0.2, 0.25) is 12.7 Å². The molecule has 1 aliphatic carbocycles. The van der Waals surface area contributed by atoms with Crippen LogP contribution in [0.25, 0.3) is 0 Å². The number of ether oxygens (including phenoxy) is 2. The molecule has 1 N–H and O–H groups in total. The van der Waals surface area contributed by atoms with Crippen LogP contribution in [0.3, 0.4) is 0 Å². The molecule has 3 aliphatic rings. The normalized spacial score (nSPS) is 18.5. The third kappa shape index (κ3) is 4.80. The molecule has 198 valence electrons. The van der Waals surface area contributed by atoms with Gasteiger partial charge in [0.05, 0.1) is 11.3 Å². The van der Waals surface area contributed by atoms with Crippen LogP contribution in [-0.4, -0.2) is 35.8 Å². The molecule has 2 fully saturated rings. The Balaban J connectivity index is 1.35. The highest BCUT2D eigenvalue weighted by molar-refractivity contribution is 6.30. The van der Waals surface area contributed by atoms with Crippen molar-refractivity contribution in [3.05, 3.63) is 76.1 Å². The summed E-state index contributed by atoms with van der Waals surface area (Å²) in [4.78, 5) is 25.9. The van der Waals surface area contributed by atoms with Crippen molar-refractivity contribution in [2.24, 2.45) is 5.92 Å². The van der Waals surface area contributed by atoms with E-state index in [2.05, 4.69) is 29.3 Å². The Bertz CT molecular complexity index is 1320. The van der Waals surface area contributed by atoms with Crippen molar-refractivity contribution in [1.82, 2.24) is 15.3 Å². The number of halogens is 1. The van der Waals surface area contributed by atoms with Crippen molar-refractivity contribution in [2.45, 2.75) is 57.4 Å². The largest absolute Gasteiger partial charge is 0.454 e. The lowest BCUT2D eigenvalue weighted by atomic mass is 9.74. The number of amides is 1. The van der Waals surface area contributed by atoms with E-state index in [-0.39, 0.29) is 18.1 Å². The standard InChI is InChI=1S/C30H33ClN4O3/c1-20-10-14-35(15-11-20)29-33-18-24(28(36)32-17-21-4-9-25-26(16-21)38-19-37-25)27(34-29)30(12-2-3-13-30)22-5-7-23(31)8-6-22/h4-9,16,18,20H,2-3,10-15,17,19H2,1H3,(H,32,36). The van der Waals surface area contributed by atoms with E-state index in [0.717, 1.165) is 80.1 Å². The zero-order valence-electron chi connectivity index (χ0n) is 21.7. The number of anilines is 1. The molecule has 1 saturated heterocycles. The first kappa shape index (κ1) is 25.0. The summed E-state index contributed by atoms with van der Waals surface area (Å²) in [6.07, 6.45) is 8.02. The first-order valence-corrected chi connectivity index (χ1v) is 13.9. The monoisotopic (exact) mass is 532 g/mol. The SMILES string of the molecule is CC1CCN(c2ncc(C(=O)NCc3ccc4c(c3)OCO4)c(C3(c4ccc(Cl)cc4)CCCC3)n2)CC1. The molecule has 2 aromatic carbocycles. The summed E-state index contributed by atoms with van der Waals surface area (Å²) in [5.74, 6) is 2.69. The maximum atomic E-state index is 13.7. The Morgan fingerprint density at radius 1 is 1.08 bits per heavy atom. The Morgan fingerprint density at radius 3 is 2.58 bits per heavy atom. The summed E-state index contributed by atoms with van der Waals surface area (Å²) in [6.45, 7) is 4.76.